The molecule has 0 unspecified atom stereocenters. The molecule has 0 N–H and O–H groups in total. The maximum absolute atomic E-state index is 13.5. The van der Waals surface area contributed by atoms with Crippen LogP contribution in [0.3, 0.4) is 0 Å². The Morgan fingerprint density at radius 1 is 1.09 bits per heavy atom. The number of aromatic nitrogens is 5. The zero-order chi connectivity index (χ0) is 24.0. The Balaban J connectivity index is 1.66. The monoisotopic (exact) mass is 483 g/mol. The van der Waals surface area contributed by atoms with Gasteiger partial charge in [-0.3, -0.25) is 9.78 Å². The molecular formula is C23H13ClF3N5O2. The lowest BCUT2D eigenvalue weighted by atomic mass is 9.99. The first-order valence-electron chi connectivity index (χ1n) is 9.82. The van der Waals surface area contributed by atoms with Crippen molar-refractivity contribution in [2.24, 2.45) is 7.05 Å². The van der Waals surface area contributed by atoms with E-state index in [-0.39, 0.29) is 22.7 Å². The Hall–Kier alpha value is -4.05. The summed E-state index contributed by atoms with van der Waals surface area (Å²) in [6.07, 6.45) is -1.34. The third-order valence-corrected chi connectivity index (χ3v) is 5.41. The number of rotatable bonds is 4. The summed E-state index contributed by atoms with van der Waals surface area (Å²) in [4.78, 5) is 19.5. The van der Waals surface area contributed by atoms with Gasteiger partial charge < -0.3 is 8.98 Å². The van der Waals surface area contributed by atoms with Crippen molar-refractivity contribution in [1.82, 2.24) is 24.7 Å². The lowest BCUT2D eigenvalue weighted by Gasteiger charge is -2.10. The number of alkyl halides is 3. The molecule has 5 aromatic rings. The van der Waals surface area contributed by atoms with Gasteiger partial charge in [-0.25, -0.2) is 4.98 Å². The topological polar surface area (TPSA) is 86.7 Å². The van der Waals surface area contributed by atoms with Crippen LogP contribution in [-0.4, -0.2) is 31.0 Å². The molecule has 170 valence electrons. The van der Waals surface area contributed by atoms with Gasteiger partial charge in [0, 0.05) is 29.4 Å². The minimum absolute atomic E-state index is 0.0922. The van der Waals surface area contributed by atoms with Gasteiger partial charge in [-0.1, -0.05) is 17.7 Å². The SMILES string of the molecule is Cn1cnnc1-c1cc(Cl)ccc1-c1ccnc(-c2nc3cc(C=O)cc(C(F)(F)F)c3o2)c1. The Morgan fingerprint density at radius 3 is 2.62 bits per heavy atom. The summed E-state index contributed by atoms with van der Waals surface area (Å²) < 4.78 is 47.8. The van der Waals surface area contributed by atoms with E-state index in [4.69, 9.17) is 16.0 Å². The zero-order valence-electron chi connectivity index (χ0n) is 17.3. The summed E-state index contributed by atoms with van der Waals surface area (Å²) in [5, 5.41) is 8.56. The van der Waals surface area contributed by atoms with Gasteiger partial charge in [-0.05, 0) is 47.5 Å². The van der Waals surface area contributed by atoms with Crippen LogP contribution in [0.5, 0.6) is 0 Å². The Labute approximate surface area is 194 Å². The van der Waals surface area contributed by atoms with Crippen LogP contribution >= 0.6 is 11.6 Å². The molecule has 2 aromatic carbocycles. The first kappa shape index (κ1) is 21.8. The predicted molar refractivity (Wildman–Crippen MR) is 118 cm³/mol. The predicted octanol–water partition coefficient (Wildman–Crippen LogP) is 5.84. The molecule has 0 aliphatic carbocycles. The second-order valence-corrected chi connectivity index (χ2v) is 7.87. The van der Waals surface area contributed by atoms with Crippen molar-refractivity contribution in [1.29, 1.82) is 0 Å². The van der Waals surface area contributed by atoms with Crippen LogP contribution in [0, 0.1) is 0 Å². The third-order valence-electron chi connectivity index (χ3n) is 5.18. The molecule has 0 aliphatic rings. The average Bonchev–Trinajstić information content (AvgIpc) is 3.43. The molecule has 7 nitrogen and oxygen atoms in total. The van der Waals surface area contributed by atoms with Gasteiger partial charge in [0.05, 0.1) is 0 Å². The van der Waals surface area contributed by atoms with Crippen molar-refractivity contribution in [3.63, 3.8) is 0 Å². The van der Waals surface area contributed by atoms with Gasteiger partial charge >= 0.3 is 6.18 Å². The van der Waals surface area contributed by atoms with E-state index in [1.54, 1.807) is 48.3 Å². The molecule has 3 heterocycles. The number of fused-ring (bicyclic) bond motifs is 1. The van der Waals surface area contributed by atoms with Gasteiger partial charge in [0.2, 0.25) is 5.89 Å². The summed E-state index contributed by atoms with van der Waals surface area (Å²) in [7, 11) is 1.79. The van der Waals surface area contributed by atoms with Crippen molar-refractivity contribution >= 4 is 29.0 Å². The fourth-order valence-corrected chi connectivity index (χ4v) is 3.81. The largest absolute Gasteiger partial charge is 0.434 e. The van der Waals surface area contributed by atoms with Gasteiger partial charge in [0.25, 0.3) is 0 Å². The maximum atomic E-state index is 13.5. The van der Waals surface area contributed by atoms with E-state index in [1.807, 2.05) is 0 Å². The summed E-state index contributed by atoms with van der Waals surface area (Å²) in [5.41, 5.74) is 0.564. The van der Waals surface area contributed by atoms with Crippen LogP contribution in [-0.2, 0) is 13.2 Å². The smallest absolute Gasteiger partial charge is 0.420 e. The van der Waals surface area contributed by atoms with E-state index in [1.165, 1.54) is 12.3 Å². The van der Waals surface area contributed by atoms with E-state index in [9.17, 15) is 18.0 Å². The molecule has 5 rings (SSSR count). The lowest BCUT2D eigenvalue weighted by Crippen LogP contribution is -2.06. The Bertz CT molecular complexity index is 1560. The number of nitrogens with zero attached hydrogens (tertiary/aromatic N) is 5. The standard InChI is InChI=1S/C23H13ClF3N5O2/c1-32-11-29-31-21(32)16-9-14(24)2-3-15(16)13-4-5-28-19(8-13)22-30-18-7-12(10-33)6-17(20(18)34-22)23(25,26)27/h2-11H,1H3. The number of benzene rings is 2. The summed E-state index contributed by atoms with van der Waals surface area (Å²) in [5.74, 6) is 0.466. The molecule has 0 saturated heterocycles. The summed E-state index contributed by atoms with van der Waals surface area (Å²) in [6.45, 7) is 0. The second-order valence-electron chi connectivity index (χ2n) is 7.44. The highest BCUT2D eigenvalue weighted by Crippen LogP contribution is 2.38. The van der Waals surface area contributed by atoms with Gasteiger partial charge in [-0.15, -0.1) is 10.2 Å². The quantitative estimate of drug-likeness (QED) is 0.299. The van der Waals surface area contributed by atoms with Gasteiger partial charge in [-0.2, -0.15) is 13.2 Å². The summed E-state index contributed by atoms with van der Waals surface area (Å²) >= 11 is 6.21. The number of carbonyl (C=O) groups is 1. The molecule has 0 amide bonds. The van der Waals surface area contributed by atoms with E-state index in [0.29, 0.717) is 28.3 Å². The van der Waals surface area contributed by atoms with Crippen LogP contribution in [0.2, 0.25) is 5.02 Å². The first-order valence-corrected chi connectivity index (χ1v) is 10.2. The van der Waals surface area contributed by atoms with Crippen LogP contribution < -0.4 is 0 Å². The number of aryl methyl sites for hydroxylation is 1. The number of aldehydes is 1. The molecule has 34 heavy (non-hydrogen) atoms. The highest BCUT2D eigenvalue weighted by atomic mass is 35.5. The van der Waals surface area contributed by atoms with Crippen LogP contribution in [0.4, 0.5) is 13.2 Å². The first-order chi connectivity index (χ1) is 16.2. The van der Waals surface area contributed by atoms with Crippen molar-refractivity contribution in [2.75, 3.05) is 0 Å². The Morgan fingerprint density at radius 2 is 1.91 bits per heavy atom. The molecule has 0 fully saturated rings. The summed E-state index contributed by atoms with van der Waals surface area (Å²) in [6, 6.07) is 10.6. The minimum atomic E-state index is -4.72. The van der Waals surface area contributed by atoms with Crippen LogP contribution in [0.1, 0.15) is 15.9 Å². The maximum Gasteiger partial charge on any atom is 0.420 e. The van der Waals surface area contributed by atoms with Crippen LogP contribution in [0.15, 0.2) is 59.4 Å². The number of hydrogen-bond donors (Lipinski definition) is 0. The second kappa shape index (κ2) is 8.07. The molecule has 0 bridgehead atoms. The molecule has 3 aromatic heterocycles. The average molecular weight is 484 g/mol. The lowest BCUT2D eigenvalue weighted by molar-refractivity contribution is -0.136. The number of carbonyl (C=O) groups excluding carboxylic acids is 1. The highest BCUT2D eigenvalue weighted by Gasteiger charge is 2.35. The van der Waals surface area contributed by atoms with E-state index in [2.05, 4.69) is 20.2 Å². The molecule has 0 saturated carbocycles. The molecule has 0 spiro atoms. The Kier molecular flexibility index (Phi) is 5.17. The van der Waals surface area contributed by atoms with Crippen molar-refractivity contribution in [3.05, 3.63) is 71.1 Å². The molecule has 0 atom stereocenters. The number of pyridine rings is 1. The van der Waals surface area contributed by atoms with Crippen molar-refractivity contribution < 1.29 is 22.4 Å². The van der Waals surface area contributed by atoms with E-state index >= 15 is 0 Å². The molecule has 0 radical (unpaired) electrons. The minimum Gasteiger partial charge on any atom is -0.434 e. The molecular weight excluding hydrogens is 471 g/mol. The number of oxazole rings is 1. The third kappa shape index (κ3) is 3.81. The van der Waals surface area contributed by atoms with Crippen LogP contribution in [0.25, 0.3) is 45.2 Å². The molecule has 11 heteroatoms. The van der Waals surface area contributed by atoms with Crippen molar-refractivity contribution in [3.8, 4) is 34.1 Å². The fourth-order valence-electron chi connectivity index (χ4n) is 3.64. The molecule has 0 aliphatic heterocycles. The van der Waals surface area contributed by atoms with E-state index in [0.717, 1.165) is 11.6 Å². The van der Waals surface area contributed by atoms with E-state index < -0.39 is 17.3 Å². The number of hydrogen-bond acceptors (Lipinski definition) is 6. The number of halogens is 4. The van der Waals surface area contributed by atoms with Crippen molar-refractivity contribution in [2.45, 2.75) is 6.18 Å². The fraction of sp³-hybridized carbons (Fsp3) is 0.0870. The van der Waals surface area contributed by atoms with Gasteiger partial charge in [0.1, 0.15) is 29.4 Å². The normalized spacial score (nSPS) is 11.8. The van der Waals surface area contributed by atoms with Gasteiger partial charge in [0.15, 0.2) is 11.4 Å². The zero-order valence-corrected chi connectivity index (χ0v) is 18.1. The highest BCUT2D eigenvalue weighted by molar-refractivity contribution is 6.31.